The molecule has 0 aliphatic heterocycles. The Bertz CT molecular complexity index is 140. The molecule has 2 nitrogen and oxygen atoms in total. The monoisotopic (exact) mass is 189 g/mol. The maximum Gasteiger partial charge on any atom is 0.219 e. The second-order valence-electron chi connectivity index (χ2n) is 3.74. The topological polar surface area (TPSA) is 29.1 Å². The molecule has 0 aliphatic rings. The van der Waals surface area contributed by atoms with Crippen LogP contribution in [0, 0.1) is 0 Å². The molecule has 0 saturated carbocycles. The van der Waals surface area contributed by atoms with Gasteiger partial charge >= 0.3 is 0 Å². The Morgan fingerprint density at radius 2 is 2.00 bits per heavy atom. The van der Waals surface area contributed by atoms with Crippen LogP contribution in [0.25, 0.3) is 0 Å². The summed E-state index contributed by atoms with van der Waals surface area (Å²) in [4.78, 5) is 10.8. The van der Waals surface area contributed by atoms with Crippen LogP contribution < -0.4 is 5.32 Å². The van der Waals surface area contributed by atoms with Crippen LogP contribution in [0.3, 0.4) is 0 Å². The van der Waals surface area contributed by atoms with Crippen molar-refractivity contribution in [3.63, 3.8) is 0 Å². The van der Waals surface area contributed by atoms with E-state index >= 15 is 0 Å². The number of hydrogen-bond acceptors (Lipinski definition) is 2. The molecule has 0 aromatic carbocycles. The van der Waals surface area contributed by atoms with Crippen molar-refractivity contribution in [3.05, 3.63) is 0 Å². The summed E-state index contributed by atoms with van der Waals surface area (Å²) in [6.45, 7) is 6.58. The first-order chi connectivity index (χ1) is 5.45. The van der Waals surface area contributed by atoms with E-state index in [2.05, 4.69) is 26.1 Å². The Labute approximate surface area is 79.5 Å². The Kier molecular flexibility index (Phi) is 5.38. The smallest absolute Gasteiger partial charge is 0.219 e. The van der Waals surface area contributed by atoms with Crippen LogP contribution in [0.1, 0.15) is 33.6 Å². The van der Waals surface area contributed by atoms with E-state index in [-0.39, 0.29) is 5.91 Å². The minimum atomic E-state index is 0.143. The van der Waals surface area contributed by atoms with Gasteiger partial charge in [0.2, 0.25) is 5.91 Å². The predicted octanol–water partition coefficient (Wildman–Crippen LogP) is 2.04. The van der Waals surface area contributed by atoms with Crippen LogP contribution >= 0.6 is 11.8 Å². The fourth-order valence-corrected chi connectivity index (χ4v) is 1.64. The Hall–Kier alpha value is -0.180. The summed E-state index contributed by atoms with van der Waals surface area (Å²) in [5.41, 5.74) is 0. The number of nitrogens with one attached hydrogen (secondary N) is 1. The summed E-state index contributed by atoms with van der Waals surface area (Å²) in [6, 6.07) is 0. The largest absolute Gasteiger partial charge is 0.359 e. The van der Waals surface area contributed by atoms with E-state index in [0.29, 0.717) is 11.2 Å². The molecule has 3 heteroatoms. The Balaban J connectivity index is 3.28. The summed E-state index contributed by atoms with van der Waals surface area (Å²) < 4.78 is 0.322. The fourth-order valence-electron chi connectivity index (χ4n) is 0.736. The quantitative estimate of drug-likeness (QED) is 0.686. The minimum absolute atomic E-state index is 0.143. The molecule has 0 fully saturated rings. The fraction of sp³-hybridized carbons (Fsp3) is 0.889. The van der Waals surface area contributed by atoms with Crippen molar-refractivity contribution in [2.75, 3.05) is 12.8 Å². The molecule has 0 radical (unpaired) electrons. The lowest BCUT2D eigenvalue weighted by atomic mass is 10.3. The SMILES string of the molecule is CNC(=O)CCCSC(C)(C)C. The minimum Gasteiger partial charge on any atom is -0.359 e. The van der Waals surface area contributed by atoms with E-state index in [4.69, 9.17) is 0 Å². The zero-order valence-corrected chi connectivity index (χ0v) is 9.25. The van der Waals surface area contributed by atoms with Gasteiger partial charge < -0.3 is 5.32 Å². The maximum absolute atomic E-state index is 10.8. The molecule has 0 spiro atoms. The standard InChI is InChI=1S/C9H19NOS/c1-9(2,3)12-7-5-6-8(11)10-4/h5-7H2,1-4H3,(H,10,11). The molecule has 12 heavy (non-hydrogen) atoms. The van der Waals surface area contributed by atoms with Gasteiger partial charge in [-0.3, -0.25) is 4.79 Å². The summed E-state index contributed by atoms with van der Waals surface area (Å²) in [6.07, 6.45) is 1.63. The Morgan fingerprint density at radius 1 is 1.42 bits per heavy atom. The zero-order valence-electron chi connectivity index (χ0n) is 8.44. The summed E-state index contributed by atoms with van der Waals surface area (Å²) in [5, 5.41) is 2.61. The lowest BCUT2D eigenvalue weighted by molar-refractivity contribution is -0.120. The molecule has 0 unspecified atom stereocenters. The number of rotatable bonds is 4. The van der Waals surface area contributed by atoms with Crippen LogP contribution in [0.15, 0.2) is 0 Å². The van der Waals surface area contributed by atoms with Gasteiger partial charge in [0.05, 0.1) is 0 Å². The van der Waals surface area contributed by atoms with Crippen molar-refractivity contribution in [1.82, 2.24) is 5.32 Å². The average molecular weight is 189 g/mol. The second-order valence-corrected chi connectivity index (χ2v) is 5.66. The van der Waals surface area contributed by atoms with E-state index < -0.39 is 0 Å². The van der Waals surface area contributed by atoms with Gasteiger partial charge in [0, 0.05) is 18.2 Å². The van der Waals surface area contributed by atoms with E-state index in [0.717, 1.165) is 12.2 Å². The first-order valence-corrected chi connectivity index (χ1v) is 5.29. The lowest BCUT2D eigenvalue weighted by Gasteiger charge is -2.16. The number of hydrogen-bond donors (Lipinski definition) is 1. The normalized spacial score (nSPS) is 11.3. The molecule has 0 rings (SSSR count). The predicted molar refractivity (Wildman–Crippen MR) is 55.5 cm³/mol. The highest BCUT2D eigenvalue weighted by Gasteiger charge is 2.09. The molecule has 0 aromatic heterocycles. The van der Waals surface area contributed by atoms with Gasteiger partial charge in [-0.05, 0) is 12.2 Å². The van der Waals surface area contributed by atoms with Gasteiger partial charge in [-0.25, -0.2) is 0 Å². The molecular weight excluding hydrogens is 170 g/mol. The maximum atomic E-state index is 10.8. The molecular formula is C9H19NOS. The number of carbonyl (C=O) groups excluding carboxylic acids is 1. The number of carbonyl (C=O) groups is 1. The average Bonchev–Trinajstić information content (AvgIpc) is 1.96. The first kappa shape index (κ1) is 11.8. The third-order valence-electron chi connectivity index (χ3n) is 1.36. The van der Waals surface area contributed by atoms with Crippen molar-refractivity contribution < 1.29 is 4.79 Å². The first-order valence-electron chi connectivity index (χ1n) is 4.30. The highest BCUT2D eigenvalue weighted by Crippen LogP contribution is 2.23. The van der Waals surface area contributed by atoms with Crippen LogP contribution in [0.4, 0.5) is 0 Å². The lowest BCUT2D eigenvalue weighted by Crippen LogP contribution is -2.17. The molecule has 0 atom stereocenters. The van der Waals surface area contributed by atoms with E-state index in [9.17, 15) is 4.79 Å². The molecule has 1 amide bonds. The Morgan fingerprint density at radius 3 is 2.42 bits per heavy atom. The number of thioether (sulfide) groups is 1. The van der Waals surface area contributed by atoms with E-state index in [1.807, 2.05) is 11.8 Å². The van der Waals surface area contributed by atoms with Crippen molar-refractivity contribution in [3.8, 4) is 0 Å². The van der Waals surface area contributed by atoms with Gasteiger partial charge in [0.25, 0.3) is 0 Å². The highest BCUT2D eigenvalue weighted by molar-refractivity contribution is 8.00. The van der Waals surface area contributed by atoms with E-state index in [1.54, 1.807) is 7.05 Å². The third-order valence-corrected chi connectivity index (χ3v) is 2.72. The summed E-state index contributed by atoms with van der Waals surface area (Å²) >= 11 is 1.91. The molecule has 0 bridgehead atoms. The molecule has 72 valence electrons. The van der Waals surface area contributed by atoms with Crippen molar-refractivity contribution in [2.45, 2.75) is 38.4 Å². The van der Waals surface area contributed by atoms with Gasteiger partial charge in [-0.15, -0.1) is 0 Å². The molecule has 0 heterocycles. The summed E-state index contributed by atoms with van der Waals surface area (Å²) in [7, 11) is 1.68. The molecule has 0 saturated heterocycles. The van der Waals surface area contributed by atoms with Gasteiger partial charge in [-0.1, -0.05) is 20.8 Å². The van der Waals surface area contributed by atoms with Gasteiger partial charge in [0.15, 0.2) is 0 Å². The van der Waals surface area contributed by atoms with Gasteiger partial charge in [0.1, 0.15) is 0 Å². The van der Waals surface area contributed by atoms with E-state index in [1.165, 1.54) is 0 Å². The zero-order chi connectivity index (χ0) is 9.61. The van der Waals surface area contributed by atoms with Crippen LogP contribution in [-0.4, -0.2) is 23.5 Å². The van der Waals surface area contributed by atoms with Crippen LogP contribution in [0.5, 0.6) is 0 Å². The van der Waals surface area contributed by atoms with Crippen molar-refractivity contribution in [2.24, 2.45) is 0 Å². The van der Waals surface area contributed by atoms with Crippen molar-refractivity contribution in [1.29, 1.82) is 0 Å². The summed E-state index contributed by atoms with van der Waals surface area (Å²) in [5.74, 6) is 1.21. The molecule has 1 N–H and O–H groups in total. The van der Waals surface area contributed by atoms with Gasteiger partial charge in [-0.2, -0.15) is 11.8 Å². The highest BCUT2D eigenvalue weighted by atomic mass is 32.2. The molecule has 0 aliphatic carbocycles. The van der Waals surface area contributed by atoms with Crippen LogP contribution in [0.2, 0.25) is 0 Å². The second kappa shape index (κ2) is 5.46. The molecule has 0 aromatic rings. The van der Waals surface area contributed by atoms with Crippen LogP contribution in [-0.2, 0) is 4.79 Å². The third kappa shape index (κ3) is 7.92. The van der Waals surface area contributed by atoms with Crippen molar-refractivity contribution >= 4 is 17.7 Å². The number of amides is 1.